The topological polar surface area (TPSA) is 21.3 Å². The largest absolute Gasteiger partial charge is 0.384 e. The van der Waals surface area contributed by atoms with E-state index in [4.69, 9.17) is 4.74 Å². The first-order valence-electron chi connectivity index (χ1n) is 7.01. The number of nitrogens with one attached hydrogen (secondary N) is 1. The first kappa shape index (κ1) is 13.6. The van der Waals surface area contributed by atoms with Gasteiger partial charge in [-0.1, -0.05) is 31.2 Å². The number of rotatable bonds is 7. The molecule has 2 nitrogen and oxygen atoms in total. The van der Waals surface area contributed by atoms with Crippen LogP contribution in [0.1, 0.15) is 36.9 Å². The zero-order valence-corrected chi connectivity index (χ0v) is 11.8. The van der Waals surface area contributed by atoms with Crippen LogP contribution >= 0.6 is 0 Å². The summed E-state index contributed by atoms with van der Waals surface area (Å²) in [5, 5.41) is 3.48. The van der Waals surface area contributed by atoms with Crippen LogP contribution in [-0.4, -0.2) is 20.8 Å². The molecule has 2 heteroatoms. The number of hydrogen-bond donors (Lipinski definition) is 1. The molecule has 18 heavy (non-hydrogen) atoms. The normalized spacial score (nSPS) is 18.6. The van der Waals surface area contributed by atoms with E-state index in [1.165, 1.54) is 24.0 Å². The fraction of sp³-hybridized carbons (Fsp3) is 0.625. The van der Waals surface area contributed by atoms with Gasteiger partial charge in [-0.25, -0.2) is 0 Å². The zero-order valence-electron chi connectivity index (χ0n) is 11.8. The minimum absolute atomic E-state index is 0.494. The summed E-state index contributed by atoms with van der Waals surface area (Å²) >= 11 is 0. The lowest BCUT2D eigenvalue weighted by Gasteiger charge is -2.24. The third-order valence-corrected chi connectivity index (χ3v) is 4.14. The Kier molecular flexibility index (Phi) is 4.79. The van der Waals surface area contributed by atoms with E-state index in [-0.39, 0.29) is 0 Å². The quantitative estimate of drug-likeness (QED) is 0.799. The molecule has 1 aliphatic rings. The molecule has 1 aliphatic carbocycles. The van der Waals surface area contributed by atoms with Crippen molar-refractivity contribution in [2.75, 3.05) is 20.8 Å². The van der Waals surface area contributed by atoms with Crippen molar-refractivity contribution >= 4 is 0 Å². The van der Waals surface area contributed by atoms with Crippen LogP contribution in [0.15, 0.2) is 24.3 Å². The monoisotopic (exact) mass is 247 g/mol. The molecular formula is C16H25NO. The molecule has 0 spiro atoms. The summed E-state index contributed by atoms with van der Waals surface area (Å²) in [6.07, 6.45) is 3.82. The number of benzene rings is 1. The summed E-state index contributed by atoms with van der Waals surface area (Å²) < 4.78 is 5.11. The molecule has 2 unspecified atom stereocenters. The maximum atomic E-state index is 5.11. The molecule has 100 valence electrons. The molecule has 0 saturated heterocycles. The Bertz CT molecular complexity index is 356. The van der Waals surface area contributed by atoms with Crippen molar-refractivity contribution in [2.24, 2.45) is 11.8 Å². The predicted octanol–water partition coefficient (Wildman–Crippen LogP) is 3.18. The molecule has 1 aromatic rings. The smallest absolute Gasteiger partial charge is 0.0502 e. The molecule has 0 heterocycles. The van der Waals surface area contributed by atoms with Crippen molar-refractivity contribution in [3.63, 3.8) is 0 Å². The first-order valence-corrected chi connectivity index (χ1v) is 7.01. The van der Waals surface area contributed by atoms with Gasteiger partial charge in [-0.05, 0) is 49.3 Å². The van der Waals surface area contributed by atoms with Crippen LogP contribution in [0, 0.1) is 11.8 Å². The summed E-state index contributed by atoms with van der Waals surface area (Å²) in [5.41, 5.74) is 2.77. The lowest BCUT2D eigenvalue weighted by Crippen LogP contribution is -2.24. The second kappa shape index (κ2) is 6.35. The van der Waals surface area contributed by atoms with Gasteiger partial charge in [0.25, 0.3) is 0 Å². The van der Waals surface area contributed by atoms with Crippen molar-refractivity contribution in [1.82, 2.24) is 5.32 Å². The Hall–Kier alpha value is -0.860. The highest BCUT2D eigenvalue weighted by molar-refractivity contribution is 5.26. The van der Waals surface area contributed by atoms with E-state index in [1.807, 2.05) is 0 Å². The summed E-state index contributed by atoms with van der Waals surface area (Å²) in [6.45, 7) is 3.17. The second-order valence-electron chi connectivity index (χ2n) is 5.45. The van der Waals surface area contributed by atoms with Gasteiger partial charge in [-0.3, -0.25) is 0 Å². The molecule has 0 aromatic heterocycles. The molecule has 0 radical (unpaired) electrons. The van der Waals surface area contributed by atoms with Gasteiger partial charge in [0, 0.05) is 13.2 Å². The van der Waals surface area contributed by atoms with Gasteiger partial charge in [0.05, 0.1) is 6.61 Å². The molecule has 1 aromatic carbocycles. The van der Waals surface area contributed by atoms with Gasteiger partial charge >= 0.3 is 0 Å². The minimum atomic E-state index is 0.494. The molecule has 1 N–H and O–H groups in total. The Balaban J connectivity index is 2.01. The van der Waals surface area contributed by atoms with E-state index in [0.717, 1.165) is 24.9 Å². The zero-order chi connectivity index (χ0) is 13.0. The van der Waals surface area contributed by atoms with E-state index in [2.05, 4.69) is 43.6 Å². The summed E-state index contributed by atoms with van der Waals surface area (Å²) in [4.78, 5) is 0. The Morgan fingerprint density at radius 3 is 2.44 bits per heavy atom. The SMILES string of the molecule is CNC(c1ccc(CCOC)cc1)C(C)C1CC1. The molecular weight excluding hydrogens is 222 g/mol. The molecule has 1 fully saturated rings. The van der Waals surface area contributed by atoms with Crippen molar-refractivity contribution in [1.29, 1.82) is 0 Å². The fourth-order valence-electron chi connectivity index (χ4n) is 2.74. The van der Waals surface area contributed by atoms with Crippen LogP contribution in [-0.2, 0) is 11.2 Å². The molecule has 0 amide bonds. The average molecular weight is 247 g/mol. The van der Waals surface area contributed by atoms with Crippen molar-refractivity contribution in [2.45, 2.75) is 32.2 Å². The van der Waals surface area contributed by atoms with Gasteiger partial charge in [0.15, 0.2) is 0 Å². The number of hydrogen-bond acceptors (Lipinski definition) is 2. The highest BCUT2D eigenvalue weighted by Crippen LogP contribution is 2.42. The summed E-state index contributed by atoms with van der Waals surface area (Å²) in [7, 11) is 3.82. The Labute approximate surface area is 111 Å². The van der Waals surface area contributed by atoms with Crippen LogP contribution in [0.4, 0.5) is 0 Å². The predicted molar refractivity (Wildman–Crippen MR) is 75.7 cm³/mol. The van der Waals surface area contributed by atoms with Crippen molar-refractivity contribution in [3.05, 3.63) is 35.4 Å². The Morgan fingerprint density at radius 1 is 1.28 bits per heavy atom. The van der Waals surface area contributed by atoms with E-state index in [9.17, 15) is 0 Å². The summed E-state index contributed by atoms with van der Waals surface area (Å²) in [5.74, 6) is 1.66. The van der Waals surface area contributed by atoms with E-state index in [1.54, 1.807) is 7.11 Å². The van der Waals surface area contributed by atoms with Crippen LogP contribution in [0.5, 0.6) is 0 Å². The van der Waals surface area contributed by atoms with Crippen LogP contribution in [0.2, 0.25) is 0 Å². The summed E-state index contributed by atoms with van der Waals surface area (Å²) in [6, 6.07) is 9.50. The molecule has 2 atom stereocenters. The molecule has 0 bridgehead atoms. The minimum Gasteiger partial charge on any atom is -0.384 e. The lowest BCUT2D eigenvalue weighted by atomic mass is 9.90. The maximum Gasteiger partial charge on any atom is 0.0502 e. The van der Waals surface area contributed by atoms with Crippen molar-refractivity contribution < 1.29 is 4.74 Å². The van der Waals surface area contributed by atoms with Crippen LogP contribution in [0.3, 0.4) is 0 Å². The third-order valence-electron chi connectivity index (χ3n) is 4.14. The molecule has 2 rings (SSSR count). The average Bonchev–Trinajstić information content (AvgIpc) is 3.23. The first-order chi connectivity index (χ1) is 8.76. The van der Waals surface area contributed by atoms with Gasteiger partial charge in [0.1, 0.15) is 0 Å². The maximum absolute atomic E-state index is 5.11. The Morgan fingerprint density at radius 2 is 1.94 bits per heavy atom. The molecule has 1 saturated carbocycles. The standard InChI is InChI=1S/C16H25NO/c1-12(14-8-9-14)16(17-2)15-6-4-13(5-7-15)10-11-18-3/h4-7,12,14,16-17H,8-11H2,1-3H3. The fourth-order valence-corrected chi connectivity index (χ4v) is 2.74. The second-order valence-corrected chi connectivity index (χ2v) is 5.45. The number of methoxy groups -OCH3 is 1. The highest BCUT2D eigenvalue weighted by Gasteiger charge is 2.33. The highest BCUT2D eigenvalue weighted by atomic mass is 16.5. The van der Waals surface area contributed by atoms with E-state index < -0.39 is 0 Å². The van der Waals surface area contributed by atoms with Crippen LogP contribution < -0.4 is 5.32 Å². The number of ether oxygens (including phenoxy) is 1. The van der Waals surface area contributed by atoms with E-state index >= 15 is 0 Å². The van der Waals surface area contributed by atoms with Gasteiger partial charge in [-0.15, -0.1) is 0 Å². The third kappa shape index (κ3) is 3.33. The lowest BCUT2D eigenvalue weighted by molar-refractivity contribution is 0.202. The van der Waals surface area contributed by atoms with Crippen molar-refractivity contribution in [3.8, 4) is 0 Å². The van der Waals surface area contributed by atoms with Crippen LogP contribution in [0.25, 0.3) is 0 Å². The van der Waals surface area contributed by atoms with Gasteiger partial charge < -0.3 is 10.1 Å². The van der Waals surface area contributed by atoms with E-state index in [0.29, 0.717) is 6.04 Å². The van der Waals surface area contributed by atoms with Gasteiger partial charge in [0.2, 0.25) is 0 Å². The molecule has 0 aliphatic heterocycles. The van der Waals surface area contributed by atoms with Gasteiger partial charge in [-0.2, -0.15) is 0 Å².